The number of benzene rings is 1. The number of likely N-dealkylation sites (N-methyl/N-ethyl adjacent to an activating group) is 2. The van der Waals surface area contributed by atoms with Crippen LogP contribution in [0.15, 0.2) is 30.3 Å². The second-order valence-electron chi connectivity index (χ2n) is 6.13. The van der Waals surface area contributed by atoms with E-state index in [4.69, 9.17) is 5.73 Å². The lowest BCUT2D eigenvalue weighted by Gasteiger charge is -2.25. The third-order valence-corrected chi connectivity index (χ3v) is 4.55. The van der Waals surface area contributed by atoms with E-state index in [0.717, 1.165) is 25.9 Å². The Labute approximate surface area is 152 Å². The Hall–Kier alpha value is -0.970. The van der Waals surface area contributed by atoms with Crippen molar-refractivity contribution in [1.82, 2.24) is 4.90 Å². The minimum absolute atomic E-state index is 0. The van der Waals surface area contributed by atoms with Crippen LogP contribution < -0.4 is 10.6 Å². The standard InChI is InChI=1S/C17H27N3O.2ClH/c1-19(15-8-4-3-5-9-15)11-12-20(2)17(21)13-14-7-6-10-16(14)18;;/h3-5,8-9,14,16H,6-7,10-13,18H2,1-2H3;2*1H/t14-,16+;;/m0../s1. The smallest absolute Gasteiger partial charge is 0.222 e. The van der Waals surface area contributed by atoms with Crippen molar-refractivity contribution < 1.29 is 4.79 Å². The van der Waals surface area contributed by atoms with E-state index in [0.29, 0.717) is 12.3 Å². The molecule has 0 heterocycles. The van der Waals surface area contributed by atoms with Crippen molar-refractivity contribution >= 4 is 36.4 Å². The molecule has 1 saturated carbocycles. The molecule has 2 rings (SSSR count). The molecule has 0 spiro atoms. The topological polar surface area (TPSA) is 49.6 Å². The van der Waals surface area contributed by atoms with Crippen molar-refractivity contribution in [2.24, 2.45) is 11.7 Å². The number of carbonyl (C=O) groups is 1. The highest BCUT2D eigenvalue weighted by atomic mass is 35.5. The van der Waals surface area contributed by atoms with Gasteiger partial charge in [-0.15, -0.1) is 24.8 Å². The van der Waals surface area contributed by atoms with Gasteiger partial charge in [0.2, 0.25) is 5.91 Å². The van der Waals surface area contributed by atoms with E-state index in [1.165, 1.54) is 12.1 Å². The summed E-state index contributed by atoms with van der Waals surface area (Å²) in [7, 11) is 3.95. The maximum Gasteiger partial charge on any atom is 0.222 e. The lowest BCUT2D eigenvalue weighted by atomic mass is 9.99. The fourth-order valence-corrected chi connectivity index (χ4v) is 2.94. The lowest BCUT2D eigenvalue weighted by Crippen LogP contribution is -2.37. The van der Waals surface area contributed by atoms with Gasteiger partial charge >= 0.3 is 0 Å². The molecule has 4 nitrogen and oxygen atoms in total. The summed E-state index contributed by atoms with van der Waals surface area (Å²) >= 11 is 0. The Balaban J connectivity index is 0.00000242. The second-order valence-corrected chi connectivity index (χ2v) is 6.13. The maximum atomic E-state index is 12.2. The molecular weight excluding hydrogens is 333 g/mol. The monoisotopic (exact) mass is 361 g/mol. The van der Waals surface area contributed by atoms with Gasteiger partial charge in [0.05, 0.1) is 0 Å². The number of halogens is 2. The molecule has 1 amide bonds. The summed E-state index contributed by atoms with van der Waals surface area (Å²) in [5, 5.41) is 0. The lowest BCUT2D eigenvalue weighted by molar-refractivity contribution is -0.130. The molecule has 23 heavy (non-hydrogen) atoms. The SMILES string of the molecule is CN(CCN(C)c1ccccc1)C(=O)C[C@@H]1CCC[C@H]1N.Cl.Cl. The fourth-order valence-electron chi connectivity index (χ4n) is 2.94. The van der Waals surface area contributed by atoms with E-state index in [-0.39, 0.29) is 36.8 Å². The van der Waals surface area contributed by atoms with Crippen LogP contribution in [0.1, 0.15) is 25.7 Å². The minimum atomic E-state index is 0. The number of hydrogen-bond donors (Lipinski definition) is 1. The minimum Gasteiger partial charge on any atom is -0.373 e. The first-order chi connectivity index (χ1) is 10.1. The number of anilines is 1. The summed E-state index contributed by atoms with van der Waals surface area (Å²) in [6, 6.07) is 10.5. The molecule has 0 bridgehead atoms. The number of nitrogens with zero attached hydrogens (tertiary/aromatic N) is 2. The quantitative estimate of drug-likeness (QED) is 0.847. The Kier molecular flexibility index (Phi) is 10.3. The van der Waals surface area contributed by atoms with Crippen LogP contribution in [-0.2, 0) is 4.79 Å². The van der Waals surface area contributed by atoms with E-state index in [2.05, 4.69) is 24.1 Å². The van der Waals surface area contributed by atoms with Crippen LogP contribution in [0.5, 0.6) is 0 Å². The molecule has 0 aliphatic heterocycles. The predicted octanol–water partition coefficient (Wildman–Crippen LogP) is 2.94. The molecule has 132 valence electrons. The molecule has 6 heteroatoms. The zero-order valence-corrected chi connectivity index (χ0v) is 15.6. The molecule has 0 aromatic heterocycles. The molecule has 1 aliphatic rings. The van der Waals surface area contributed by atoms with Gasteiger partial charge in [-0.25, -0.2) is 0 Å². The molecule has 2 N–H and O–H groups in total. The Morgan fingerprint density at radius 2 is 1.78 bits per heavy atom. The van der Waals surface area contributed by atoms with Crippen LogP contribution in [-0.4, -0.2) is 44.0 Å². The van der Waals surface area contributed by atoms with Gasteiger partial charge < -0.3 is 15.5 Å². The number of carbonyl (C=O) groups excluding carboxylic acids is 1. The first-order valence-electron chi connectivity index (χ1n) is 7.83. The highest BCUT2D eigenvalue weighted by Gasteiger charge is 2.27. The fraction of sp³-hybridized carbons (Fsp3) is 0.588. The number of amides is 1. The predicted molar refractivity (Wildman–Crippen MR) is 102 cm³/mol. The van der Waals surface area contributed by atoms with E-state index in [9.17, 15) is 4.79 Å². The molecule has 0 unspecified atom stereocenters. The summed E-state index contributed by atoms with van der Waals surface area (Å²) in [6.45, 7) is 1.58. The maximum absolute atomic E-state index is 12.2. The third-order valence-electron chi connectivity index (χ3n) is 4.55. The van der Waals surface area contributed by atoms with E-state index in [1.807, 2.05) is 30.1 Å². The van der Waals surface area contributed by atoms with Crippen molar-refractivity contribution in [3.8, 4) is 0 Å². The largest absolute Gasteiger partial charge is 0.373 e. The highest BCUT2D eigenvalue weighted by Crippen LogP contribution is 2.27. The zero-order chi connectivity index (χ0) is 15.2. The van der Waals surface area contributed by atoms with E-state index >= 15 is 0 Å². The molecule has 1 aliphatic carbocycles. The van der Waals surface area contributed by atoms with Crippen LogP contribution in [0.3, 0.4) is 0 Å². The van der Waals surface area contributed by atoms with Gasteiger partial charge in [0, 0.05) is 45.3 Å². The van der Waals surface area contributed by atoms with Crippen LogP contribution in [0.25, 0.3) is 0 Å². The first-order valence-corrected chi connectivity index (χ1v) is 7.83. The van der Waals surface area contributed by atoms with Crippen molar-refractivity contribution in [2.75, 3.05) is 32.1 Å². The molecular formula is C17H29Cl2N3O. The molecule has 0 saturated heterocycles. The molecule has 0 radical (unpaired) electrons. The molecule has 1 fully saturated rings. The summed E-state index contributed by atoms with van der Waals surface area (Å²) in [6.07, 6.45) is 3.94. The van der Waals surface area contributed by atoms with E-state index < -0.39 is 0 Å². The average molecular weight is 362 g/mol. The Morgan fingerprint density at radius 1 is 1.13 bits per heavy atom. The summed E-state index contributed by atoms with van der Waals surface area (Å²) in [5.74, 6) is 0.602. The summed E-state index contributed by atoms with van der Waals surface area (Å²) in [4.78, 5) is 16.3. The molecule has 2 atom stereocenters. The van der Waals surface area contributed by atoms with Crippen molar-refractivity contribution in [1.29, 1.82) is 0 Å². The van der Waals surface area contributed by atoms with Gasteiger partial charge in [-0.05, 0) is 30.9 Å². The van der Waals surface area contributed by atoms with Crippen molar-refractivity contribution in [3.63, 3.8) is 0 Å². The van der Waals surface area contributed by atoms with Crippen molar-refractivity contribution in [2.45, 2.75) is 31.7 Å². The number of para-hydroxylation sites is 1. The van der Waals surface area contributed by atoms with Gasteiger partial charge in [-0.1, -0.05) is 24.6 Å². The van der Waals surface area contributed by atoms with Gasteiger partial charge in [-0.2, -0.15) is 0 Å². The van der Waals surface area contributed by atoms with Gasteiger partial charge in [0.25, 0.3) is 0 Å². The average Bonchev–Trinajstić information content (AvgIpc) is 2.90. The summed E-state index contributed by atoms with van der Waals surface area (Å²) in [5.41, 5.74) is 7.22. The number of rotatable bonds is 6. The van der Waals surface area contributed by atoms with Crippen molar-refractivity contribution in [3.05, 3.63) is 30.3 Å². The van der Waals surface area contributed by atoms with Gasteiger partial charge in [0.1, 0.15) is 0 Å². The highest BCUT2D eigenvalue weighted by molar-refractivity contribution is 5.85. The summed E-state index contributed by atoms with van der Waals surface area (Å²) < 4.78 is 0. The van der Waals surface area contributed by atoms with Crippen LogP contribution >= 0.6 is 24.8 Å². The second kappa shape index (κ2) is 10.7. The van der Waals surface area contributed by atoms with Crippen LogP contribution in [0, 0.1) is 5.92 Å². The zero-order valence-electron chi connectivity index (χ0n) is 14.0. The number of nitrogens with two attached hydrogens (primary N) is 1. The Bertz CT molecular complexity index is 458. The third kappa shape index (κ3) is 6.58. The van der Waals surface area contributed by atoms with Crippen LogP contribution in [0.2, 0.25) is 0 Å². The first kappa shape index (κ1) is 22.0. The van der Waals surface area contributed by atoms with Gasteiger partial charge in [-0.3, -0.25) is 4.79 Å². The molecule has 1 aromatic carbocycles. The molecule has 1 aromatic rings. The van der Waals surface area contributed by atoms with Crippen LogP contribution in [0.4, 0.5) is 5.69 Å². The normalized spacial score (nSPS) is 19.4. The Morgan fingerprint density at radius 3 is 2.35 bits per heavy atom. The van der Waals surface area contributed by atoms with Gasteiger partial charge in [0.15, 0.2) is 0 Å². The number of hydrogen-bond acceptors (Lipinski definition) is 3. The van der Waals surface area contributed by atoms with E-state index in [1.54, 1.807) is 0 Å².